The largest absolute Gasteiger partial charge is 0.393 e. The van der Waals surface area contributed by atoms with Gasteiger partial charge in [0, 0.05) is 19.3 Å². The molecule has 1 aliphatic rings. The average molecular weight is 275 g/mol. The molecular formula is C13H20F3N3. The fourth-order valence-electron chi connectivity index (χ4n) is 2.77. The summed E-state index contributed by atoms with van der Waals surface area (Å²) in [6.07, 6.45) is 2.74. The van der Waals surface area contributed by atoms with Crippen molar-refractivity contribution in [1.29, 1.82) is 0 Å². The first kappa shape index (κ1) is 14.4. The first-order chi connectivity index (χ1) is 8.97. The summed E-state index contributed by atoms with van der Waals surface area (Å²) in [5.41, 5.74) is 1.05. The van der Waals surface area contributed by atoms with E-state index < -0.39 is 18.1 Å². The van der Waals surface area contributed by atoms with Gasteiger partial charge in [-0.05, 0) is 31.4 Å². The van der Waals surface area contributed by atoms with Crippen molar-refractivity contribution in [3.63, 3.8) is 0 Å². The normalized spacial score (nSPS) is 24.6. The molecule has 1 fully saturated rings. The van der Waals surface area contributed by atoms with Crippen LogP contribution in [-0.4, -0.2) is 28.5 Å². The molecule has 0 aromatic carbocycles. The minimum Gasteiger partial charge on any atom is -0.313 e. The first-order valence-electron chi connectivity index (χ1n) is 6.74. The van der Waals surface area contributed by atoms with Crippen LogP contribution in [0.3, 0.4) is 0 Å². The van der Waals surface area contributed by atoms with Crippen LogP contribution in [0.25, 0.3) is 0 Å². The lowest BCUT2D eigenvalue weighted by Gasteiger charge is -2.33. The highest BCUT2D eigenvalue weighted by Gasteiger charge is 2.45. The van der Waals surface area contributed by atoms with Crippen molar-refractivity contribution in [2.24, 2.45) is 13.0 Å². The molecule has 108 valence electrons. The minimum absolute atomic E-state index is 0.258. The fraction of sp³-hybridized carbons (Fsp3) is 0.769. The van der Waals surface area contributed by atoms with Gasteiger partial charge < -0.3 is 5.32 Å². The quantitative estimate of drug-likeness (QED) is 0.915. The molecule has 3 nitrogen and oxygen atoms in total. The summed E-state index contributed by atoms with van der Waals surface area (Å²) in [6.45, 7) is 0.572. The Hall–Kier alpha value is -1.04. The summed E-state index contributed by atoms with van der Waals surface area (Å²) in [7, 11) is 1.83. The van der Waals surface area contributed by atoms with E-state index in [-0.39, 0.29) is 6.42 Å². The second kappa shape index (κ2) is 5.94. The second-order valence-electron chi connectivity index (χ2n) is 5.27. The van der Waals surface area contributed by atoms with Crippen LogP contribution < -0.4 is 5.32 Å². The molecular weight excluding hydrogens is 255 g/mol. The van der Waals surface area contributed by atoms with Crippen molar-refractivity contribution < 1.29 is 13.2 Å². The van der Waals surface area contributed by atoms with E-state index >= 15 is 0 Å². The van der Waals surface area contributed by atoms with Crippen molar-refractivity contribution in [1.82, 2.24) is 15.1 Å². The average Bonchev–Trinajstić information content (AvgIpc) is 2.74. The molecule has 0 amide bonds. The van der Waals surface area contributed by atoms with Crippen molar-refractivity contribution in [3.05, 3.63) is 18.0 Å². The predicted molar refractivity (Wildman–Crippen MR) is 66.7 cm³/mol. The Balaban J connectivity index is 1.83. The van der Waals surface area contributed by atoms with Gasteiger partial charge in [0.15, 0.2) is 0 Å². The Morgan fingerprint density at radius 1 is 1.37 bits per heavy atom. The lowest BCUT2D eigenvalue weighted by molar-refractivity contribution is -0.188. The van der Waals surface area contributed by atoms with Gasteiger partial charge in [0.25, 0.3) is 0 Å². The molecule has 0 bridgehead atoms. The number of aromatic nitrogens is 2. The van der Waals surface area contributed by atoms with E-state index in [2.05, 4.69) is 10.4 Å². The van der Waals surface area contributed by atoms with Crippen molar-refractivity contribution in [3.8, 4) is 0 Å². The van der Waals surface area contributed by atoms with Crippen LogP contribution in [0.2, 0.25) is 0 Å². The monoisotopic (exact) mass is 275 g/mol. The van der Waals surface area contributed by atoms with E-state index in [0.29, 0.717) is 19.4 Å². The fourth-order valence-corrected chi connectivity index (χ4v) is 2.77. The number of aryl methyl sites for hydroxylation is 1. The third-order valence-electron chi connectivity index (χ3n) is 3.76. The number of hydrogen-bond donors (Lipinski definition) is 1. The zero-order valence-electron chi connectivity index (χ0n) is 11.1. The number of nitrogens with one attached hydrogen (secondary N) is 1. The van der Waals surface area contributed by atoms with E-state index in [0.717, 1.165) is 18.4 Å². The van der Waals surface area contributed by atoms with Gasteiger partial charge in [-0.2, -0.15) is 18.3 Å². The Morgan fingerprint density at radius 3 is 2.74 bits per heavy atom. The summed E-state index contributed by atoms with van der Waals surface area (Å²) in [4.78, 5) is 0. The summed E-state index contributed by atoms with van der Waals surface area (Å²) in [5.74, 6) is -1.19. The van der Waals surface area contributed by atoms with Gasteiger partial charge in [-0.3, -0.25) is 4.68 Å². The van der Waals surface area contributed by atoms with Crippen molar-refractivity contribution in [2.45, 2.75) is 44.3 Å². The molecule has 0 saturated heterocycles. The number of alkyl halides is 3. The van der Waals surface area contributed by atoms with Gasteiger partial charge in [0.1, 0.15) is 0 Å². The van der Waals surface area contributed by atoms with Gasteiger partial charge in [-0.15, -0.1) is 0 Å². The molecule has 2 atom stereocenters. The molecule has 6 heteroatoms. The molecule has 2 unspecified atom stereocenters. The predicted octanol–water partition coefficient (Wildman–Crippen LogP) is 2.67. The maximum atomic E-state index is 12.9. The van der Waals surface area contributed by atoms with Crippen LogP contribution in [0.5, 0.6) is 0 Å². The summed E-state index contributed by atoms with van der Waals surface area (Å²) in [5, 5.41) is 7.12. The van der Waals surface area contributed by atoms with E-state index in [9.17, 15) is 13.2 Å². The van der Waals surface area contributed by atoms with Crippen LogP contribution in [0, 0.1) is 5.92 Å². The molecule has 0 aliphatic heterocycles. The van der Waals surface area contributed by atoms with Gasteiger partial charge in [0.05, 0.1) is 12.1 Å². The summed E-state index contributed by atoms with van der Waals surface area (Å²) < 4.78 is 40.4. The van der Waals surface area contributed by atoms with E-state index in [1.807, 2.05) is 13.2 Å². The maximum Gasteiger partial charge on any atom is 0.393 e. The molecule has 1 aromatic rings. The molecule has 2 rings (SSSR count). The zero-order chi connectivity index (χ0) is 13.9. The molecule has 0 radical (unpaired) electrons. The lowest BCUT2D eigenvalue weighted by atomic mass is 9.84. The number of hydrogen-bond acceptors (Lipinski definition) is 2. The van der Waals surface area contributed by atoms with Gasteiger partial charge in [-0.1, -0.05) is 12.8 Å². The number of rotatable bonds is 4. The topological polar surface area (TPSA) is 29.9 Å². The zero-order valence-corrected chi connectivity index (χ0v) is 11.1. The number of halogens is 3. The third kappa shape index (κ3) is 3.96. The van der Waals surface area contributed by atoms with Crippen LogP contribution in [0.4, 0.5) is 13.2 Å². The Bertz CT molecular complexity index is 400. The van der Waals surface area contributed by atoms with Crippen molar-refractivity contribution >= 4 is 0 Å². The van der Waals surface area contributed by atoms with Crippen molar-refractivity contribution in [2.75, 3.05) is 6.54 Å². The standard InChI is InChI=1S/C13H20F3N3/c1-19-9-10(8-18-19)6-7-17-12-5-3-2-4-11(12)13(14,15)16/h8-9,11-12,17H,2-7H2,1H3. The lowest BCUT2D eigenvalue weighted by Crippen LogP contribution is -2.46. The van der Waals surface area contributed by atoms with Crippen LogP contribution >= 0.6 is 0 Å². The van der Waals surface area contributed by atoms with E-state index in [4.69, 9.17) is 0 Å². The second-order valence-corrected chi connectivity index (χ2v) is 5.27. The molecule has 1 saturated carbocycles. The van der Waals surface area contributed by atoms with E-state index in [1.165, 1.54) is 0 Å². The van der Waals surface area contributed by atoms with Gasteiger partial charge in [0.2, 0.25) is 0 Å². The highest BCUT2D eigenvalue weighted by atomic mass is 19.4. The van der Waals surface area contributed by atoms with Crippen LogP contribution in [0.1, 0.15) is 31.2 Å². The smallest absolute Gasteiger partial charge is 0.313 e. The summed E-state index contributed by atoms with van der Waals surface area (Å²) in [6, 6.07) is -0.426. The molecule has 1 N–H and O–H groups in total. The highest BCUT2D eigenvalue weighted by Crippen LogP contribution is 2.37. The van der Waals surface area contributed by atoms with E-state index in [1.54, 1.807) is 10.9 Å². The highest BCUT2D eigenvalue weighted by molar-refractivity contribution is 5.04. The molecule has 19 heavy (non-hydrogen) atoms. The number of nitrogens with zero attached hydrogens (tertiary/aromatic N) is 2. The SMILES string of the molecule is Cn1cc(CCNC2CCCCC2C(F)(F)F)cn1. The van der Waals surface area contributed by atoms with Gasteiger partial charge >= 0.3 is 6.18 Å². The molecule has 1 heterocycles. The molecule has 1 aliphatic carbocycles. The minimum atomic E-state index is -4.08. The Morgan fingerprint density at radius 2 is 2.11 bits per heavy atom. The summed E-state index contributed by atoms with van der Waals surface area (Å²) >= 11 is 0. The van der Waals surface area contributed by atoms with Crippen LogP contribution in [0.15, 0.2) is 12.4 Å². The van der Waals surface area contributed by atoms with Gasteiger partial charge in [-0.25, -0.2) is 0 Å². The first-order valence-corrected chi connectivity index (χ1v) is 6.74. The molecule has 1 aromatic heterocycles. The molecule has 0 spiro atoms. The maximum absolute atomic E-state index is 12.9. The third-order valence-corrected chi connectivity index (χ3v) is 3.76. The van der Waals surface area contributed by atoms with Crippen LogP contribution in [-0.2, 0) is 13.5 Å². The Kier molecular flexibility index (Phi) is 4.50. The Labute approximate surface area is 111 Å².